The molecule has 10 heteroatoms. The molecule has 4 N–H and O–H groups in total. The summed E-state index contributed by atoms with van der Waals surface area (Å²) in [5.74, 6) is -0.111. The van der Waals surface area contributed by atoms with Crippen molar-refractivity contribution in [1.82, 2.24) is 20.9 Å². The van der Waals surface area contributed by atoms with Crippen molar-refractivity contribution in [2.24, 2.45) is 0 Å². The Balaban J connectivity index is 1.40. The van der Waals surface area contributed by atoms with Gasteiger partial charge in [0.1, 0.15) is 0 Å². The van der Waals surface area contributed by atoms with E-state index in [9.17, 15) is 14.3 Å². The predicted molar refractivity (Wildman–Crippen MR) is 170 cm³/mol. The van der Waals surface area contributed by atoms with Crippen LogP contribution >= 0.6 is 19.8 Å². The number of hydrogen-bond acceptors (Lipinski definition) is 7. The SMILES string of the molecule is COc1cc(/C=C2/C(C)=C(C(NCC34CI3C=CN4)C(=O)NCc3cccnc3)c3cc(F)ccc32)cc(OC)c1O. The summed E-state index contributed by atoms with van der Waals surface area (Å²) in [5, 5.41) is 20.6. The number of rotatable bonds is 10. The Hall–Kier alpha value is -3.90. The molecular formula is C32H32FIN4O4. The average Bonchev–Trinajstić information content (AvgIpc) is 3.43. The second-order valence-corrected chi connectivity index (χ2v) is 16.2. The molecule has 0 bridgehead atoms. The van der Waals surface area contributed by atoms with Gasteiger partial charge in [-0.3, -0.25) is 0 Å². The molecular weight excluding hydrogens is 650 g/mol. The molecule has 8 nitrogen and oxygen atoms in total. The first-order valence-corrected chi connectivity index (χ1v) is 17.4. The second kappa shape index (κ2) is 11.4. The van der Waals surface area contributed by atoms with Crippen molar-refractivity contribution in [3.63, 3.8) is 0 Å². The van der Waals surface area contributed by atoms with E-state index < -0.39 is 25.9 Å². The molecule has 218 valence electrons. The Kier molecular flexibility index (Phi) is 7.67. The fraction of sp³-hybridized carbons (Fsp3) is 0.250. The molecule has 0 saturated carbocycles. The van der Waals surface area contributed by atoms with Crippen molar-refractivity contribution < 1.29 is 23.8 Å². The van der Waals surface area contributed by atoms with Crippen molar-refractivity contribution in [2.75, 3.05) is 25.2 Å². The van der Waals surface area contributed by atoms with Gasteiger partial charge in [0.15, 0.2) is 0 Å². The van der Waals surface area contributed by atoms with Gasteiger partial charge in [0.25, 0.3) is 0 Å². The summed E-state index contributed by atoms with van der Waals surface area (Å²) in [5.41, 5.74) is 5.55. The van der Waals surface area contributed by atoms with E-state index in [1.54, 1.807) is 30.6 Å². The summed E-state index contributed by atoms with van der Waals surface area (Å²) >= 11 is -1.19. The molecule has 2 aliphatic heterocycles. The molecule has 3 aromatic rings. The number of nitrogens with zero attached hydrogens (tertiary/aromatic N) is 1. The number of fused-ring (bicyclic) bond motifs is 2. The minimum atomic E-state index is -1.19. The average molecular weight is 683 g/mol. The maximum absolute atomic E-state index is 14.7. The van der Waals surface area contributed by atoms with E-state index in [1.807, 2.05) is 31.3 Å². The number of allylic oxidation sites excluding steroid dienone is 2. The number of alkyl halides is 2. The molecule has 2 unspecified atom stereocenters. The number of carbonyl (C=O) groups excluding carboxylic acids is 1. The van der Waals surface area contributed by atoms with Crippen LogP contribution in [0.1, 0.15) is 29.2 Å². The van der Waals surface area contributed by atoms with Crippen LogP contribution in [0.2, 0.25) is 0 Å². The molecule has 1 saturated heterocycles. The monoisotopic (exact) mass is 682 g/mol. The van der Waals surface area contributed by atoms with E-state index in [4.69, 9.17) is 9.47 Å². The summed E-state index contributed by atoms with van der Waals surface area (Å²) in [6.45, 7) is 2.93. The predicted octanol–water partition coefficient (Wildman–Crippen LogP) is 4.84. The van der Waals surface area contributed by atoms with Crippen LogP contribution in [0, 0.1) is 5.82 Å². The smallest absolute Gasteiger partial charge is 0.502 e. The molecule has 0 radical (unpaired) electrons. The molecule has 1 aromatic heterocycles. The summed E-state index contributed by atoms with van der Waals surface area (Å²) in [6, 6.07) is 11.1. The van der Waals surface area contributed by atoms with Gasteiger partial charge in [0.2, 0.25) is 0 Å². The number of pyridine rings is 1. The first-order chi connectivity index (χ1) is 20.3. The minimum absolute atomic E-state index is 0.0570. The molecule has 6 rings (SSSR count). The zero-order valence-electron chi connectivity index (χ0n) is 23.5. The van der Waals surface area contributed by atoms with Crippen LogP contribution in [0.5, 0.6) is 17.2 Å². The first kappa shape index (κ1) is 28.2. The summed E-state index contributed by atoms with van der Waals surface area (Å²) < 4.78 is 29.0. The van der Waals surface area contributed by atoms with Crippen molar-refractivity contribution in [3.05, 3.63) is 98.8 Å². The van der Waals surface area contributed by atoms with Crippen LogP contribution < -0.4 is 25.4 Å². The van der Waals surface area contributed by atoms with Gasteiger partial charge in [0, 0.05) is 0 Å². The maximum atomic E-state index is 14.7. The third kappa shape index (κ3) is 5.24. The van der Waals surface area contributed by atoms with Gasteiger partial charge in [0.05, 0.1) is 14.2 Å². The van der Waals surface area contributed by atoms with E-state index in [0.29, 0.717) is 18.7 Å². The van der Waals surface area contributed by atoms with Crippen LogP contribution in [0.15, 0.2) is 70.7 Å². The van der Waals surface area contributed by atoms with Crippen LogP contribution in [-0.2, 0) is 11.3 Å². The molecule has 42 heavy (non-hydrogen) atoms. The fourth-order valence-corrected chi connectivity index (χ4v) is 11.2. The molecule has 1 amide bonds. The van der Waals surface area contributed by atoms with E-state index in [0.717, 1.165) is 37.8 Å². The third-order valence-electron chi connectivity index (χ3n) is 7.81. The Bertz CT molecular complexity index is 1620. The number of ether oxygens (including phenoxy) is 2. The summed E-state index contributed by atoms with van der Waals surface area (Å²) in [4.78, 5) is 18.1. The van der Waals surface area contributed by atoms with Crippen molar-refractivity contribution >= 4 is 42.9 Å². The quantitative estimate of drug-likeness (QED) is 0.138. The van der Waals surface area contributed by atoms with Gasteiger partial charge in [-0.1, -0.05) is 0 Å². The number of phenols is 1. The molecule has 1 fully saturated rings. The fourth-order valence-electron chi connectivity index (χ4n) is 5.55. The Morgan fingerprint density at radius 3 is 2.64 bits per heavy atom. The van der Waals surface area contributed by atoms with E-state index >= 15 is 0 Å². The number of aromatic hydroxyl groups is 1. The molecule has 2 atom stereocenters. The summed E-state index contributed by atoms with van der Waals surface area (Å²) in [6.07, 6.45) is 7.40. The number of methoxy groups -OCH3 is 2. The normalized spacial score (nSPS) is 20.7. The second-order valence-electron chi connectivity index (χ2n) is 10.4. The van der Waals surface area contributed by atoms with Crippen LogP contribution in [0.4, 0.5) is 4.39 Å². The summed E-state index contributed by atoms with van der Waals surface area (Å²) in [7, 11) is 2.95. The van der Waals surface area contributed by atoms with E-state index in [-0.39, 0.29) is 32.5 Å². The number of benzene rings is 2. The van der Waals surface area contributed by atoms with E-state index in [2.05, 4.69) is 25.0 Å². The number of aromatic nitrogens is 1. The molecule has 2 aromatic carbocycles. The molecule has 1 aliphatic carbocycles. The van der Waals surface area contributed by atoms with Gasteiger partial charge >= 0.3 is 233 Å². The van der Waals surface area contributed by atoms with Crippen molar-refractivity contribution in [2.45, 2.75) is 23.1 Å². The molecule has 0 spiro atoms. The van der Waals surface area contributed by atoms with E-state index in [1.165, 1.54) is 26.4 Å². The molecule has 3 heterocycles. The Morgan fingerprint density at radius 1 is 1.21 bits per heavy atom. The van der Waals surface area contributed by atoms with Gasteiger partial charge in [-0.05, 0) is 0 Å². The minimum Gasteiger partial charge on any atom is -0.502 e. The molecule has 3 aliphatic rings. The van der Waals surface area contributed by atoms with Crippen LogP contribution in [0.3, 0.4) is 0 Å². The third-order valence-corrected chi connectivity index (χ3v) is 14.0. The first-order valence-electron chi connectivity index (χ1n) is 13.5. The number of hydrogen-bond donors (Lipinski definition) is 4. The number of carbonyl (C=O) groups is 1. The topological polar surface area (TPSA) is 105 Å². The number of halogens is 2. The zero-order valence-corrected chi connectivity index (χ0v) is 25.7. The van der Waals surface area contributed by atoms with Crippen molar-refractivity contribution in [1.29, 1.82) is 0 Å². The number of nitrogens with one attached hydrogen (secondary N) is 3. The standard InChI is InChI=1S/C32H32FIN4O4/c1-19-24(11-21-12-26(41-2)30(39)27(13-21)42-3)23-7-6-22(33)14-25(23)28(19)29(37-18-32-17-34(32)8-10-38-32)31(40)36-16-20-5-4-9-35-15-20/h4-15,29,37-39H,16-18H2,1-3H3,(H,36,40)/b24-11-. The van der Waals surface area contributed by atoms with Gasteiger partial charge in [-0.25, -0.2) is 0 Å². The van der Waals surface area contributed by atoms with Crippen molar-refractivity contribution in [3.8, 4) is 17.2 Å². The van der Waals surface area contributed by atoms with Crippen LogP contribution in [0.25, 0.3) is 17.2 Å². The zero-order chi connectivity index (χ0) is 29.4. The van der Waals surface area contributed by atoms with Gasteiger partial charge in [-0.15, -0.1) is 0 Å². The van der Waals surface area contributed by atoms with Gasteiger partial charge in [-0.2, -0.15) is 0 Å². The Morgan fingerprint density at radius 2 is 2.00 bits per heavy atom. The Labute approximate surface area is 251 Å². The number of phenolic OH excluding ortho intramolecular Hbond substituents is 1. The van der Waals surface area contributed by atoms with Crippen LogP contribution in [-0.4, -0.2) is 50.8 Å². The van der Waals surface area contributed by atoms with Gasteiger partial charge < -0.3 is 5.11 Å². The number of amides is 1.